The monoisotopic (exact) mass is 170 g/mol. The summed E-state index contributed by atoms with van der Waals surface area (Å²) in [5.74, 6) is 0. The second-order valence-corrected chi connectivity index (χ2v) is 3.62. The highest BCUT2D eigenvalue weighted by atomic mass is 32.2. The average molecular weight is 170 g/mol. The van der Waals surface area contributed by atoms with Crippen LogP contribution in [0.3, 0.4) is 0 Å². The molecular formula is C6H6N2S2. The summed E-state index contributed by atoms with van der Waals surface area (Å²) < 4.78 is 0. The molecule has 0 atom stereocenters. The highest BCUT2D eigenvalue weighted by Gasteiger charge is 2.09. The molecule has 0 amide bonds. The van der Waals surface area contributed by atoms with Gasteiger partial charge in [-0.15, -0.1) is 0 Å². The van der Waals surface area contributed by atoms with Gasteiger partial charge in [-0.2, -0.15) is 0 Å². The largest absolute Gasteiger partial charge is 0.354 e. The van der Waals surface area contributed by atoms with Gasteiger partial charge in [0.1, 0.15) is 10.1 Å². The maximum absolute atomic E-state index is 3.14. The van der Waals surface area contributed by atoms with Gasteiger partial charge in [-0.1, -0.05) is 23.5 Å². The summed E-state index contributed by atoms with van der Waals surface area (Å²) in [6.45, 7) is 0. The molecule has 2 heterocycles. The van der Waals surface area contributed by atoms with E-state index < -0.39 is 0 Å². The van der Waals surface area contributed by atoms with Crippen LogP contribution < -0.4 is 10.6 Å². The first-order valence-corrected chi connectivity index (χ1v) is 4.63. The van der Waals surface area contributed by atoms with Gasteiger partial charge in [-0.25, -0.2) is 0 Å². The van der Waals surface area contributed by atoms with Crippen LogP contribution in [0, 0.1) is 0 Å². The van der Waals surface area contributed by atoms with Gasteiger partial charge in [0.15, 0.2) is 0 Å². The van der Waals surface area contributed by atoms with E-state index in [-0.39, 0.29) is 0 Å². The quantitative estimate of drug-likeness (QED) is 0.578. The molecule has 0 aromatic rings. The van der Waals surface area contributed by atoms with E-state index in [0.29, 0.717) is 0 Å². The van der Waals surface area contributed by atoms with Gasteiger partial charge in [-0.05, 0) is 10.8 Å². The Kier molecular flexibility index (Phi) is 1.65. The first-order chi connectivity index (χ1) is 4.97. The molecule has 2 aliphatic heterocycles. The Hall–Kier alpha value is -0.480. The van der Waals surface area contributed by atoms with Crippen LogP contribution in [0.1, 0.15) is 0 Å². The van der Waals surface area contributed by atoms with Gasteiger partial charge in [0.2, 0.25) is 0 Å². The lowest BCUT2D eigenvalue weighted by Gasteiger charge is -2.01. The van der Waals surface area contributed by atoms with E-state index in [1.54, 1.807) is 23.5 Å². The van der Waals surface area contributed by atoms with Crippen molar-refractivity contribution in [2.75, 3.05) is 0 Å². The van der Waals surface area contributed by atoms with Crippen molar-refractivity contribution in [1.29, 1.82) is 0 Å². The maximum Gasteiger partial charge on any atom is 0.107 e. The average Bonchev–Trinajstić information content (AvgIpc) is 2.59. The highest BCUT2D eigenvalue weighted by molar-refractivity contribution is 8.09. The fraction of sp³-hybridized carbons (Fsp3) is 0. The van der Waals surface area contributed by atoms with Crippen LogP contribution in [0.25, 0.3) is 0 Å². The number of hydrogen-bond donors (Lipinski definition) is 2. The molecule has 0 saturated heterocycles. The predicted molar refractivity (Wildman–Crippen MR) is 46.8 cm³/mol. The summed E-state index contributed by atoms with van der Waals surface area (Å²) in [6, 6.07) is 0. The number of hydrogen-bond acceptors (Lipinski definition) is 4. The summed E-state index contributed by atoms with van der Waals surface area (Å²) in [5.41, 5.74) is 0. The van der Waals surface area contributed by atoms with E-state index in [4.69, 9.17) is 0 Å². The molecule has 0 spiro atoms. The third-order valence-corrected chi connectivity index (χ3v) is 2.93. The van der Waals surface area contributed by atoms with Crippen LogP contribution in [-0.2, 0) is 0 Å². The zero-order valence-corrected chi connectivity index (χ0v) is 6.76. The van der Waals surface area contributed by atoms with Gasteiger partial charge in [0, 0.05) is 12.4 Å². The minimum absolute atomic E-state index is 1.19. The van der Waals surface area contributed by atoms with Crippen molar-refractivity contribution in [3.8, 4) is 0 Å². The molecular weight excluding hydrogens is 164 g/mol. The van der Waals surface area contributed by atoms with Crippen LogP contribution in [0.15, 0.2) is 33.3 Å². The lowest BCUT2D eigenvalue weighted by molar-refractivity contribution is 1.10. The van der Waals surface area contributed by atoms with E-state index in [2.05, 4.69) is 10.6 Å². The molecule has 2 rings (SSSR count). The molecule has 0 aromatic carbocycles. The Morgan fingerprint density at radius 3 is 1.70 bits per heavy atom. The lowest BCUT2D eigenvalue weighted by Crippen LogP contribution is -2.05. The van der Waals surface area contributed by atoms with Gasteiger partial charge in [0.05, 0.1) is 0 Å². The molecule has 0 radical (unpaired) electrons. The topological polar surface area (TPSA) is 24.1 Å². The standard InChI is InChI=1S/C6H6N2S2/c1-3-9-5(7-1)6-8-2-4-10-6/h1-4,7-8H/b6-5+. The smallest absolute Gasteiger partial charge is 0.107 e. The van der Waals surface area contributed by atoms with Crippen molar-refractivity contribution >= 4 is 23.5 Å². The fourth-order valence-electron chi connectivity index (χ4n) is 0.730. The molecule has 2 N–H and O–H groups in total. The molecule has 0 fully saturated rings. The van der Waals surface area contributed by atoms with Crippen LogP contribution in [0.5, 0.6) is 0 Å². The minimum atomic E-state index is 1.19. The van der Waals surface area contributed by atoms with Gasteiger partial charge >= 0.3 is 0 Å². The van der Waals surface area contributed by atoms with E-state index in [9.17, 15) is 0 Å². The summed E-state index contributed by atoms with van der Waals surface area (Å²) in [5, 5.41) is 12.7. The van der Waals surface area contributed by atoms with E-state index in [1.165, 1.54) is 10.1 Å². The van der Waals surface area contributed by atoms with Crippen molar-refractivity contribution in [1.82, 2.24) is 10.6 Å². The van der Waals surface area contributed by atoms with Crippen molar-refractivity contribution in [2.45, 2.75) is 0 Å². The van der Waals surface area contributed by atoms with Crippen LogP contribution in [0.2, 0.25) is 0 Å². The Morgan fingerprint density at radius 2 is 1.40 bits per heavy atom. The molecule has 4 heteroatoms. The predicted octanol–water partition coefficient (Wildman–Crippen LogP) is 1.73. The van der Waals surface area contributed by atoms with E-state index >= 15 is 0 Å². The SMILES string of the molecule is C1=CS/C(=C2\NC=CS2)N1. The maximum atomic E-state index is 3.14. The normalized spacial score (nSPS) is 28.8. The van der Waals surface area contributed by atoms with Crippen molar-refractivity contribution in [3.05, 3.63) is 33.3 Å². The Labute approximate surface area is 67.8 Å². The van der Waals surface area contributed by atoms with Crippen LogP contribution in [0.4, 0.5) is 0 Å². The molecule has 2 nitrogen and oxygen atoms in total. The summed E-state index contributed by atoms with van der Waals surface area (Å²) in [7, 11) is 0. The third kappa shape index (κ3) is 1.04. The lowest BCUT2D eigenvalue weighted by atomic mass is 10.8. The van der Waals surface area contributed by atoms with E-state index in [1.807, 2.05) is 23.2 Å². The molecule has 10 heavy (non-hydrogen) atoms. The van der Waals surface area contributed by atoms with Crippen molar-refractivity contribution in [3.63, 3.8) is 0 Å². The van der Waals surface area contributed by atoms with Crippen molar-refractivity contribution < 1.29 is 0 Å². The number of thioether (sulfide) groups is 2. The minimum Gasteiger partial charge on any atom is -0.354 e. The second-order valence-electron chi connectivity index (χ2n) is 1.79. The first kappa shape index (κ1) is 6.24. The van der Waals surface area contributed by atoms with Gasteiger partial charge in [-0.3, -0.25) is 0 Å². The van der Waals surface area contributed by atoms with Gasteiger partial charge < -0.3 is 10.6 Å². The van der Waals surface area contributed by atoms with Crippen LogP contribution >= 0.6 is 23.5 Å². The third-order valence-electron chi connectivity index (χ3n) is 1.14. The van der Waals surface area contributed by atoms with Gasteiger partial charge in [0.25, 0.3) is 0 Å². The first-order valence-electron chi connectivity index (χ1n) is 2.87. The Balaban J connectivity index is 2.14. The Morgan fingerprint density at radius 1 is 0.900 bits per heavy atom. The molecule has 0 aliphatic carbocycles. The molecule has 0 bridgehead atoms. The Bertz CT molecular complexity index is 186. The zero-order valence-electron chi connectivity index (χ0n) is 5.13. The second kappa shape index (κ2) is 2.64. The number of nitrogens with one attached hydrogen (secondary N) is 2. The highest BCUT2D eigenvalue weighted by Crippen LogP contribution is 2.30. The molecule has 52 valence electrons. The zero-order chi connectivity index (χ0) is 6.81. The van der Waals surface area contributed by atoms with Crippen molar-refractivity contribution in [2.24, 2.45) is 0 Å². The molecule has 0 unspecified atom stereocenters. The molecule has 0 saturated carbocycles. The summed E-state index contributed by atoms with van der Waals surface area (Å²) >= 11 is 3.41. The summed E-state index contributed by atoms with van der Waals surface area (Å²) in [4.78, 5) is 0. The molecule has 0 aromatic heterocycles. The summed E-state index contributed by atoms with van der Waals surface area (Å²) in [6.07, 6.45) is 3.88. The fourth-order valence-corrected chi connectivity index (χ4v) is 2.17. The van der Waals surface area contributed by atoms with E-state index in [0.717, 1.165) is 0 Å². The van der Waals surface area contributed by atoms with Crippen LogP contribution in [-0.4, -0.2) is 0 Å². The number of rotatable bonds is 0. The molecule has 2 aliphatic rings.